The Morgan fingerprint density at radius 2 is 1.93 bits per heavy atom. The molecule has 1 N–H and O–H groups in total. The van der Waals surface area contributed by atoms with Gasteiger partial charge in [-0.3, -0.25) is 19.7 Å². The molecule has 1 aliphatic rings. The first-order chi connectivity index (χ1) is 13.4. The molecule has 1 aliphatic heterocycles. The first-order valence-corrected chi connectivity index (χ1v) is 10.1. The molecule has 1 saturated heterocycles. The number of benzene rings is 2. The van der Waals surface area contributed by atoms with Crippen LogP contribution < -0.4 is 5.32 Å². The molecule has 146 valence electrons. The highest BCUT2D eigenvalue weighted by Crippen LogP contribution is 2.29. The average Bonchev–Trinajstić information content (AvgIpc) is 3.26. The molecule has 1 heterocycles. The van der Waals surface area contributed by atoms with Crippen molar-refractivity contribution in [1.82, 2.24) is 10.2 Å². The van der Waals surface area contributed by atoms with Gasteiger partial charge in [-0.15, -0.1) is 11.8 Å². The third-order valence-corrected chi connectivity index (χ3v) is 5.73. The molecule has 1 amide bonds. The van der Waals surface area contributed by atoms with Crippen LogP contribution in [-0.4, -0.2) is 53.9 Å². The first-order valence-electron chi connectivity index (χ1n) is 8.88. The second kappa shape index (κ2) is 8.53. The minimum Gasteiger partial charge on any atom is -0.337 e. The van der Waals surface area contributed by atoms with Crippen molar-refractivity contribution in [2.45, 2.75) is 17.4 Å². The van der Waals surface area contributed by atoms with Crippen molar-refractivity contribution in [2.24, 2.45) is 0 Å². The normalized spacial score (nSPS) is 16.0. The summed E-state index contributed by atoms with van der Waals surface area (Å²) in [6.45, 7) is 1.58. The fourth-order valence-electron chi connectivity index (χ4n) is 3.32. The number of nitrogens with one attached hydrogen (secondary N) is 1. The zero-order valence-electron chi connectivity index (χ0n) is 15.7. The standard InChI is InChI=1S/C20H21N3O4S/c1-22(14-9-10-21-12-14)20(25)16-6-4-3-5-15(16)19(24)13-7-8-18(28-2)17(11-13)23(26)27/h3-8,11,14,21H,9-10,12H2,1-2H3. The Morgan fingerprint density at radius 3 is 2.54 bits per heavy atom. The number of carbonyl (C=O) groups is 2. The molecule has 1 atom stereocenters. The Bertz CT molecular complexity index is 925. The average molecular weight is 399 g/mol. The van der Waals surface area contributed by atoms with Crippen molar-refractivity contribution >= 4 is 29.1 Å². The Balaban J connectivity index is 1.96. The summed E-state index contributed by atoms with van der Waals surface area (Å²) in [5, 5.41) is 14.5. The SMILES string of the molecule is CSc1ccc(C(=O)c2ccccc2C(=O)N(C)C2CCNC2)cc1[N+](=O)[O-]. The van der Waals surface area contributed by atoms with Crippen molar-refractivity contribution in [3.8, 4) is 0 Å². The van der Waals surface area contributed by atoms with Crippen LogP contribution >= 0.6 is 11.8 Å². The van der Waals surface area contributed by atoms with E-state index in [-0.39, 0.29) is 28.8 Å². The summed E-state index contributed by atoms with van der Waals surface area (Å²) in [7, 11) is 1.74. The third kappa shape index (κ3) is 3.93. The second-order valence-corrected chi connectivity index (χ2v) is 7.43. The van der Waals surface area contributed by atoms with Crippen LogP contribution in [0.2, 0.25) is 0 Å². The number of ketones is 1. The number of nitrogens with zero attached hydrogens (tertiary/aromatic N) is 2. The van der Waals surface area contributed by atoms with Crippen LogP contribution in [0.25, 0.3) is 0 Å². The van der Waals surface area contributed by atoms with E-state index in [9.17, 15) is 19.7 Å². The van der Waals surface area contributed by atoms with Gasteiger partial charge in [-0.05, 0) is 37.4 Å². The number of amides is 1. The summed E-state index contributed by atoms with van der Waals surface area (Å²) in [5.41, 5.74) is 0.626. The molecular formula is C20H21N3O4S. The summed E-state index contributed by atoms with van der Waals surface area (Å²) in [6.07, 6.45) is 2.60. The predicted octanol–water partition coefficient (Wildman–Crippen LogP) is 2.98. The van der Waals surface area contributed by atoms with Crippen LogP contribution in [-0.2, 0) is 0 Å². The molecular weight excluding hydrogens is 378 g/mol. The largest absolute Gasteiger partial charge is 0.337 e. The van der Waals surface area contributed by atoms with Crippen LogP contribution in [0.3, 0.4) is 0 Å². The first kappa shape index (κ1) is 20.0. The highest BCUT2D eigenvalue weighted by atomic mass is 32.2. The minimum atomic E-state index is -0.499. The molecule has 8 heteroatoms. The summed E-state index contributed by atoms with van der Waals surface area (Å²) in [5.74, 6) is -0.634. The molecule has 0 radical (unpaired) electrons. The molecule has 28 heavy (non-hydrogen) atoms. The lowest BCUT2D eigenvalue weighted by Crippen LogP contribution is -2.39. The summed E-state index contributed by atoms with van der Waals surface area (Å²) in [6, 6.07) is 11.1. The highest BCUT2D eigenvalue weighted by molar-refractivity contribution is 7.98. The lowest BCUT2D eigenvalue weighted by Gasteiger charge is -2.24. The lowest BCUT2D eigenvalue weighted by molar-refractivity contribution is -0.387. The molecule has 3 rings (SSSR count). The van der Waals surface area contributed by atoms with E-state index in [0.717, 1.165) is 19.5 Å². The van der Waals surface area contributed by atoms with E-state index in [1.807, 2.05) is 0 Å². The number of hydrogen-bond donors (Lipinski definition) is 1. The molecule has 0 aromatic heterocycles. The van der Waals surface area contributed by atoms with Crippen LogP contribution in [0.4, 0.5) is 5.69 Å². The minimum absolute atomic E-state index is 0.0811. The molecule has 0 saturated carbocycles. The van der Waals surface area contributed by atoms with E-state index in [0.29, 0.717) is 10.5 Å². The van der Waals surface area contributed by atoms with E-state index < -0.39 is 10.7 Å². The van der Waals surface area contributed by atoms with Gasteiger partial charge in [0.1, 0.15) is 0 Å². The number of carbonyl (C=O) groups excluding carboxylic acids is 2. The fourth-order valence-corrected chi connectivity index (χ4v) is 3.87. The summed E-state index contributed by atoms with van der Waals surface area (Å²) >= 11 is 1.25. The highest BCUT2D eigenvalue weighted by Gasteiger charge is 2.27. The number of hydrogen-bond acceptors (Lipinski definition) is 6. The summed E-state index contributed by atoms with van der Waals surface area (Å²) < 4.78 is 0. The number of rotatable bonds is 6. The van der Waals surface area contributed by atoms with Crippen molar-refractivity contribution in [3.63, 3.8) is 0 Å². The number of nitro groups is 1. The van der Waals surface area contributed by atoms with E-state index in [4.69, 9.17) is 0 Å². The van der Waals surface area contributed by atoms with Crippen molar-refractivity contribution in [1.29, 1.82) is 0 Å². The van der Waals surface area contributed by atoms with Crippen molar-refractivity contribution in [2.75, 3.05) is 26.4 Å². The van der Waals surface area contributed by atoms with E-state index in [2.05, 4.69) is 5.32 Å². The van der Waals surface area contributed by atoms with Crippen LogP contribution in [0.1, 0.15) is 32.7 Å². The topological polar surface area (TPSA) is 92.6 Å². The molecule has 2 aromatic carbocycles. The Morgan fingerprint density at radius 1 is 1.21 bits per heavy atom. The van der Waals surface area contributed by atoms with Gasteiger partial charge in [0, 0.05) is 36.8 Å². The van der Waals surface area contributed by atoms with Gasteiger partial charge in [0.2, 0.25) is 0 Å². The molecule has 1 fully saturated rings. The van der Waals surface area contributed by atoms with Gasteiger partial charge >= 0.3 is 0 Å². The quantitative estimate of drug-likeness (QED) is 0.347. The fraction of sp³-hybridized carbons (Fsp3) is 0.300. The van der Waals surface area contributed by atoms with Gasteiger partial charge < -0.3 is 10.2 Å². The van der Waals surface area contributed by atoms with Gasteiger partial charge in [-0.1, -0.05) is 18.2 Å². The van der Waals surface area contributed by atoms with Gasteiger partial charge in [-0.2, -0.15) is 0 Å². The van der Waals surface area contributed by atoms with E-state index in [1.54, 1.807) is 54.6 Å². The maximum absolute atomic E-state index is 13.1. The molecule has 1 unspecified atom stereocenters. The molecule has 0 aliphatic carbocycles. The Hall–Kier alpha value is -2.71. The second-order valence-electron chi connectivity index (χ2n) is 6.58. The van der Waals surface area contributed by atoms with Crippen LogP contribution in [0.15, 0.2) is 47.4 Å². The van der Waals surface area contributed by atoms with Crippen LogP contribution in [0, 0.1) is 10.1 Å². The van der Waals surface area contributed by atoms with E-state index >= 15 is 0 Å². The Kier molecular flexibility index (Phi) is 6.11. The van der Waals surface area contributed by atoms with Gasteiger partial charge in [0.15, 0.2) is 5.78 Å². The van der Waals surface area contributed by atoms with Gasteiger partial charge in [-0.25, -0.2) is 0 Å². The maximum Gasteiger partial charge on any atom is 0.283 e. The van der Waals surface area contributed by atoms with Crippen molar-refractivity contribution in [3.05, 3.63) is 69.3 Å². The smallest absolute Gasteiger partial charge is 0.283 e. The third-order valence-electron chi connectivity index (χ3n) is 4.94. The molecule has 2 aromatic rings. The zero-order chi connectivity index (χ0) is 20.3. The predicted molar refractivity (Wildman–Crippen MR) is 108 cm³/mol. The molecule has 0 bridgehead atoms. The number of likely N-dealkylation sites (N-methyl/N-ethyl adjacent to an activating group) is 1. The molecule has 0 spiro atoms. The van der Waals surface area contributed by atoms with Crippen LogP contribution in [0.5, 0.6) is 0 Å². The van der Waals surface area contributed by atoms with E-state index in [1.165, 1.54) is 17.8 Å². The Labute approximate surface area is 167 Å². The van der Waals surface area contributed by atoms with Gasteiger partial charge in [0.25, 0.3) is 11.6 Å². The maximum atomic E-state index is 13.1. The number of nitro benzene ring substituents is 1. The lowest BCUT2D eigenvalue weighted by atomic mass is 9.97. The van der Waals surface area contributed by atoms with Gasteiger partial charge in [0.05, 0.1) is 15.4 Å². The van der Waals surface area contributed by atoms with Crippen molar-refractivity contribution < 1.29 is 14.5 Å². The number of thioether (sulfide) groups is 1. The zero-order valence-corrected chi connectivity index (χ0v) is 16.5. The summed E-state index contributed by atoms with van der Waals surface area (Å²) in [4.78, 5) is 39.0. The monoisotopic (exact) mass is 399 g/mol. The molecule has 7 nitrogen and oxygen atoms in total.